The van der Waals surface area contributed by atoms with E-state index in [9.17, 15) is 16.8 Å². The van der Waals surface area contributed by atoms with Crippen LogP contribution in [0, 0.1) is 20.8 Å². The molecule has 0 spiro atoms. The zero-order chi connectivity index (χ0) is 18.8. The third-order valence-corrected chi connectivity index (χ3v) is 6.28. The molecule has 10 heteroatoms. The molecule has 1 aromatic heterocycles. The predicted molar refractivity (Wildman–Crippen MR) is 94.5 cm³/mol. The lowest BCUT2D eigenvalue weighted by Gasteiger charge is -2.19. The van der Waals surface area contributed by atoms with Crippen LogP contribution in [0.3, 0.4) is 0 Å². The van der Waals surface area contributed by atoms with Crippen LogP contribution >= 0.6 is 0 Å². The minimum absolute atomic E-state index is 0.102. The average molecular weight is 387 g/mol. The van der Waals surface area contributed by atoms with Gasteiger partial charge >= 0.3 is 0 Å². The van der Waals surface area contributed by atoms with Crippen molar-refractivity contribution >= 4 is 25.9 Å². The molecule has 0 radical (unpaired) electrons. The fourth-order valence-corrected chi connectivity index (χ4v) is 4.47. The second kappa shape index (κ2) is 7.14. The normalized spacial score (nSPS) is 12.3. The van der Waals surface area contributed by atoms with Gasteiger partial charge in [0.1, 0.15) is 5.76 Å². The number of anilines is 1. The van der Waals surface area contributed by atoms with E-state index in [1.807, 2.05) is 6.07 Å². The number of aromatic nitrogens is 1. The second-order valence-corrected chi connectivity index (χ2v) is 9.44. The van der Waals surface area contributed by atoms with Crippen LogP contribution in [-0.2, 0) is 20.0 Å². The number of benzene rings is 1. The first-order valence-corrected chi connectivity index (χ1v) is 10.8. The number of aryl methyl sites for hydroxylation is 3. The molecule has 1 heterocycles. The van der Waals surface area contributed by atoms with Crippen LogP contribution in [0.4, 0.5) is 5.82 Å². The summed E-state index contributed by atoms with van der Waals surface area (Å²) in [6, 6.07) is 6.60. The maximum absolute atomic E-state index is 12.5. The van der Waals surface area contributed by atoms with Gasteiger partial charge in [-0.3, -0.25) is 0 Å². The minimum Gasteiger partial charge on any atom is -0.360 e. The number of sulfonamides is 2. The van der Waals surface area contributed by atoms with Gasteiger partial charge in [-0.15, -0.1) is 0 Å². The van der Waals surface area contributed by atoms with Crippen molar-refractivity contribution in [1.29, 1.82) is 0 Å². The first kappa shape index (κ1) is 19.4. The van der Waals surface area contributed by atoms with Crippen molar-refractivity contribution in [2.24, 2.45) is 0 Å². The Bertz CT molecular complexity index is 965. The summed E-state index contributed by atoms with van der Waals surface area (Å²) in [6.45, 7) is 4.94. The van der Waals surface area contributed by atoms with E-state index in [1.54, 1.807) is 32.9 Å². The highest BCUT2D eigenvalue weighted by molar-refractivity contribution is 7.92. The highest BCUT2D eigenvalue weighted by atomic mass is 32.2. The van der Waals surface area contributed by atoms with E-state index in [1.165, 1.54) is 6.07 Å². The van der Waals surface area contributed by atoms with Crippen molar-refractivity contribution in [3.05, 3.63) is 41.2 Å². The van der Waals surface area contributed by atoms with Crippen molar-refractivity contribution in [1.82, 2.24) is 9.88 Å². The molecule has 1 aromatic carbocycles. The van der Waals surface area contributed by atoms with Gasteiger partial charge in [0.2, 0.25) is 20.0 Å². The highest BCUT2D eigenvalue weighted by Gasteiger charge is 2.22. The molecule has 0 aliphatic carbocycles. The number of nitrogens with zero attached hydrogens (tertiary/aromatic N) is 2. The Labute approximate surface area is 147 Å². The molecular weight excluding hydrogens is 366 g/mol. The maximum Gasteiger partial charge on any atom is 0.240 e. The fraction of sp³-hybridized carbons (Fsp3) is 0.400. The van der Waals surface area contributed by atoms with Gasteiger partial charge in [0.15, 0.2) is 5.82 Å². The summed E-state index contributed by atoms with van der Waals surface area (Å²) in [5, 5.41) is 3.68. The molecule has 2 aromatic rings. The minimum atomic E-state index is -3.75. The Kier molecular flexibility index (Phi) is 5.55. The molecule has 25 heavy (non-hydrogen) atoms. The van der Waals surface area contributed by atoms with Crippen LogP contribution in [0.2, 0.25) is 0 Å². The summed E-state index contributed by atoms with van der Waals surface area (Å²) in [6.07, 6.45) is 1.02. The predicted octanol–water partition coefficient (Wildman–Crippen LogP) is 1.34. The first-order valence-electron chi connectivity index (χ1n) is 7.48. The Morgan fingerprint density at radius 3 is 2.36 bits per heavy atom. The fourth-order valence-electron chi connectivity index (χ4n) is 2.28. The summed E-state index contributed by atoms with van der Waals surface area (Å²) in [4.78, 5) is 0.177. The maximum atomic E-state index is 12.5. The Hall–Kier alpha value is -1.91. The quantitative estimate of drug-likeness (QED) is 0.768. The molecule has 0 amide bonds. The van der Waals surface area contributed by atoms with Crippen LogP contribution in [0.1, 0.15) is 16.9 Å². The van der Waals surface area contributed by atoms with E-state index in [0.717, 1.165) is 16.1 Å². The van der Waals surface area contributed by atoms with Crippen molar-refractivity contribution in [3.8, 4) is 0 Å². The van der Waals surface area contributed by atoms with Gasteiger partial charge in [-0.05, 0) is 38.0 Å². The van der Waals surface area contributed by atoms with E-state index in [4.69, 9.17) is 4.52 Å². The van der Waals surface area contributed by atoms with Gasteiger partial charge in [-0.2, -0.15) is 0 Å². The lowest BCUT2D eigenvalue weighted by molar-refractivity contribution is 0.398. The molecule has 0 unspecified atom stereocenters. The van der Waals surface area contributed by atoms with Crippen LogP contribution in [-0.4, -0.2) is 41.3 Å². The Morgan fingerprint density at radius 1 is 1.12 bits per heavy atom. The standard InChI is InChI=1S/C15H21N3O5S2/c1-11-5-6-12(2)14(9-11)25(21,22)16-7-8-18(24(4,19)20)15-10-13(3)23-17-15/h5-6,9-10,16H,7-8H2,1-4H3. The lowest BCUT2D eigenvalue weighted by atomic mass is 10.2. The molecule has 0 fully saturated rings. The van der Waals surface area contributed by atoms with Gasteiger partial charge in [0.25, 0.3) is 0 Å². The first-order chi connectivity index (χ1) is 11.5. The number of rotatable bonds is 7. The second-order valence-electron chi connectivity index (χ2n) is 5.80. The molecule has 0 saturated heterocycles. The molecule has 1 N–H and O–H groups in total. The van der Waals surface area contributed by atoms with Gasteiger partial charge in [0.05, 0.1) is 11.2 Å². The van der Waals surface area contributed by atoms with Gasteiger partial charge < -0.3 is 4.52 Å². The average Bonchev–Trinajstić information content (AvgIpc) is 2.90. The zero-order valence-corrected chi connectivity index (χ0v) is 16.1. The molecule has 0 aliphatic rings. The molecule has 0 bridgehead atoms. The molecule has 8 nitrogen and oxygen atoms in total. The number of hydrogen-bond acceptors (Lipinski definition) is 6. The summed E-state index contributed by atoms with van der Waals surface area (Å²) < 4.78 is 57.1. The van der Waals surface area contributed by atoms with Crippen LogP contribution in [0.5, 0.6) is 0 Å². The van der Waals surface area contributed by atoms with Crippen LogP contribution in [0.25, 0.3) is 0 Å². The van der Waals surface area contributed by atoms with Crippen LogP contribution < -0.4 is 9.03 Å². The van der Waals surface area contributed by atoms with E-state index in [0.29, 0.717) is 11.3 Å². The van der Waals surface area contributed by atoms with E-state index in [-0.39, 0.29) is 23.8 Å². The summed E-state index contributed by atoms with van der Waals surface area (Å²) in [7, 11) is -7.37. The van der Waals surface area contributed by atoms with E-state index >= 15 is 0 Å². The van der Waals surface area contributed by atoms with E-state index < -0.39 is 20.0 Å². The largest absolute Gasteiger partial charge is 0.360 e. The number of nitrogens with one attached hydrogen (secondary N) is 1. The lowest BCUT2D eigenvalue weighted by Crippen LogP contribution is -2.38. The third-order valence-electron chi connectivity index (χ3n) is 3.51. The summed E-state index contributed by atoms with van der Waals surface area (Å²) in [5.41, 5.74) is 1.44. The van der Waals surface area contributed by atoms with Crippen molar-refractivity contribution in [2.75, 3.05) is 23.7 Å². The summed E-state index contributed by atoms with van der Waals surface area (Å²) >= 11 is 0. The molecule has 0 saturated carbocycles. The Balaban J connectivity index is 2.15. The monoisotopic (exact) mass is 387 g/mol. The highest BCUT2D eigenvalue weighted by Crippen LogP contribution is 2.18. The third kappa shape index (κ3) is 4.80. The van der Waals surface area contributed by atoms with Gasteiger partial charge in [-0.25, -0.2) is 25.9 Å². The Morgan fingerprint density at radius 2 is 1.80 bits per heavy atom. The topological polar surface area (TPSA) is 110 Å². The SMILES string of the molecule is Cc1ccc(C)c(S(=O)(=O)NCCN(c2cc(C)on2)S(C)(=O)=O)c1. The van der Waals surface area contributed by atoms with Crippen molar-refractivity contribution in [2.45, 2.75) is 25.7 Å². The zero-order valence-electron chi connectivity index (χ0n) is 14.5. The van der Waals surface area contributed by atoms with Gasteiger partial charge in [-0.1, -0.05) is 17.3 Å². The van der Waals surface area contributed by atoms with Crippen molar-refractivity contribution < 1.29 is 21.4 Å². The summed E-state index contributed by atoms with van der Waals surface area (Å²) in [5.74, 6) is 0.575. The molecule has 138 valence electrons. The van der Waals surface area contributed by atoms with Gasteiger partial charge in [0, 0.05) is 19.2 Å². The molecular formula is C15H21N3O5S2. The molecule has 0 atom stereocenters. The van der Waals surface area contributed by atoms with Crippen molar-refractivity contribution in [3.63, 3.8) is 0 Å². The van der Waals surface area contributed by atoms with E-state index in [2.05, 4.69) is 9.88 Å². The molecule has 0 aliphatic heterocycles. The smallest absolute Gasteiger partial charge is 0.240 e. The van der Waals surface area contributed by atoms with Crippen LogP contribution in [0.15, 0.2) is 33.7 Å². The molecule has 2 rings (SSSR count). The number of hydrogen-bond donors (Lipinski definition) is 1.